The summed E-state index contributed by atoms with van der Waals surface area (Å²) in [5, 5.41) is 2.24. The average molecular weight is 380 g/mol. The Balaban J connectivity index is 1.33. The monoisotopic (exact) mass is 379 g/mol. The van der Waals surface area contributed by atoms with E-state index in [1.54, 1.807) is 0 Å². The number of piperidine rings is 1. The van der Waals surface area contributed by atoms with Gasteiger partial charge in [0.1, 0.15) is 0 Å². The van der Waals surface area contributed by atoms with Crippen LogP contribution < -0.4 is 0 Å². The molecular weight excluding hydrogens is 350 g/mol. The SMILES string of the molecule is CC1CCCCN1C(=O)CN1CCN(C(=O)c2ccc3ccccc3c2)CC1. The third-order valence-electron chi connectivity index (χ3n) is 6.14. The van der Waals surface area contributed by atoms with Crippen molar-refractivity contribution in [2.75, 3.05) is 39.3 Å². The quantitative estimate of drug-likeness (QED) is 0.823. The van der Waals surface area contributed by atoms with Crippen LogP contribution in [0.25, 0.3) is 10.8 Å². The summed E-state index contributed by atoms with van der Waals surface area (Å²) in [6.07, 6.45) is 3.45. The van der Waals surface area contributed by atoms with Crippen molar-refractivity contribution in [2.45, 2.75) is 32.2 Å². The molecule has 5 heteroatoms. The molecule has 2 heterocycles. The van der Waals surface area contributed by atoms with E-state index < -0.39 is 0 Å². The molecule has 2 amide bonds. The van der Waals surface area contributed by atoms with E-state index in [0.717, 1.165) is 48.8 Å². The van der Waals surface area contributed by atoms with E-state index in [-0.39, 0.29) is 11.8 Å². The summed E-state index contributed by atoms with van der Waals surface area (Å²) in [5.41, 5.74) is 0.741. The molecule has 5 nitrogen and oxygen atoms in total. The minimum absolute atomic E-state index is 0.0846. The molecule has 0 spiro atoms. The lowest BCUT2D eigenvalue weighted by molar-refractivity contribution is -0.136. The van der Waals surface area contributed by atoms with Crippen molar-refractivity contribution in [1.29, 1.82) is 0 Å². The van der Waals surface area contributed by atoms with Gasteiger partial charge in [0.15, 0.2) is 0 Å². The van der Waals surface area contributed by atoms with Gasteiger partial charge in [-0.05, 0) is 49.1 Å². The number of carbonyl (C=O) groups excluding carboxylic acids is 2. The van der Waals surface area contributed by atoms with Crippen LogP contribution in [0.3, 0.4) is 0 Å². The molecule has 4 rings (SSSR count). The van der Waals surface area contributed by atoms with Crippen molar-refractivity contribution in [3.05, 3.63) is 48.0 Å². The van der Waals surface area contributed by atoms with Gasteiger partial charge < -0.3 is 9.80 Å². The van der Waals surface area contributed by atoms with Gasteiger partial charge in [-0.15, -0.1) is 0 Å². The molecule has 1 unspecified atom stereocenters. The molecule has 2 aliphatic rings. The molecule has 0 N–H and O–H groups in total. The first-order chi connectivity index (χ1) is 13.6. The van der Waals surface area contributed by atoms with Crippen LogP contribution in [0.2, 0.25) is 0 Å². The third-order valence-corrected chi connectivity index (χ3v) is 6.14. The highest BCUT2D eigenvalue weighted by molar-refractivity contribution is 5.98. The molecule has 28 heavy (non-hydrogen) atoms. The second-order valence-electron chi connectivity index (χ2n) is 8.06. The van der Waals surface area contributed by atoms with Crippen LogP contribution in [0.4, 0.5) is 0 Å². The number of nitrogens with zero attached hydrogens (tertiary/aromatic N) is 3. The maximum absolute atomic E-state index is 12.9. The Morgan fingerprint density at radius 1 is 0.929 bits per heavy atom. The number of rotatable bonds is 3. The van der Waals surface area contributed by atoms with Gasteiger partial charge in [-0.2, -0.15) is 0 Å². The molecule has 1 atom stereocenters. The summed E-state index contributed by atoms with van der Waals surface area (Å²) in [5.74, 6) is 0.322. The van der Waals surface area contributed by atoms with Crippen LogP contribution in [-0.4, -0.2) is 71.8 Å². The van der Waals surface area contributed by atoms with Crippen LogP contribution >= 0.6 is 0 Å². The van der Waals surface area contributed by atoms with Crippen LogP contribution in [-0.2, 0) is 4.79 Å². The Morgan fingerprint density at radius 3 is 2.43 bits per heavy atom. The Labute approximate surface area is 166 Å². The number of hydrogen-bond donors (Lipinski definition) is 0. The van der Waals surface area contributed by atoms with Gasteiger partial charge in [0.2, 0.25) is 5.91 Å². The van der Waals surface area contributed by atoms with E-state index in [2.05, 4.69) is 17.9 Å². The number of fused-ring (bicyclic) bond motifs is 1. The zero-order valence-corrected chi connectivity index (χ0v) is 16.6. The van der Waals surface area contributed by atoms with E-state index in [9.17, 15) is 9.59 Å². The first-order valence-electron chi connectivity index (χ1n) is 10.4. The zero-order chi connectivity index (χ0) is 19.5. The molecule has 2 aromatic carbocycles. The second kappa shape index (κ2) is 8.31. The van der Waals surface area contributed by atoms with Gasteiger partial charge in [0.05, 0.1) is 6.54 Å². The third kappa shape index (κ3) is 4.04. The topological polar surface area (TPSA) is 43.9 Å². The Hall–Kier alpha value is -2.40. The largest absolute Gasteiger partial charge is 0.339 e. The standard InChI is InChI=1S/C23H29N3O2/c1-18-6-4-5-11-26(18)22(27)17-24-12-14-25(15-13-24)23(28)21-10-9-19-7-2-3-8-20(19)16-21/h2-3,7-10,16,18H,4-6,11-15,17H2,1H3. The first kappa shape index (κ1) is 18.9. The van der Waals surface area contributed by atoms with Crippen LogP contribution in [0.15, 0.2) is 42.5 Å². The van der Waals surface area contributed by atoms with E-state index in [1.807, 2.05) is 46.2 Å². The van der Waals surface area contributed by atoms with Gasteiger partial charge >= 0.3 is 0 Å². The lowest BCUT2D eigenvalue weighted by atomic mass is 10.0. The highest BCUT2D eigenvalue weighted by Crippen LogP contribution is 2.19. The van der Waals surface area contributed by atoms with Crippen LogP contribution in [0.1, 0.15) is 36.5 Å². The van der Waals surface area contributed by atoms with Gasteiger partial charge in [-0.3, -0.25) is 14.5 Å². The fraction of sp³-hybridized carbons (Fsp3) is 0.478. The summed E-state index contributed by atoms with van der Waals surface area (Å²) in [6, 6.07) is 14.4. The summed E-state index contributed by atoms with van der Waals surface area (Å²) in [4.78, 5) is 31.7. The molecule has 0 saturated carbocycles. The summed E-state index contributed by atoms with van der Waals surface area (Å²) in [7, 11) is 0. The molecule has 2 saturated heterocycles. The predicted molar refractivity (Wildman–Crippen MR) is 111 cm³/mol. The molecule has 0 radical (unpaired) electrons. The smallest absolute Gasteiger partial charge is 0.253 e. The Kier molecular flexibility index (Phi) is 5.62. The lowest BCUT2D eigenvalue weighted by Crippen LogP contribution is -2.53. The molecule has 0 bridgehead atoms. The zero-order valence-electron chi connectivity index (χ0n) is 16.6. The second-order valence-corrected chi connectivity index (χ2v) is 8.06. The van der Waals surface area contributed by atoms with Crippen molar-refractivity contribution < 1.29 is 9.59 Å². The van der Waals surface area contributed by atoms with Crippen molar-refractivity contribution >= 4 is 22.6 Å². The number of piperazine rings is 1. The van der Waals surface area contributed by atoms with Gasteiger partial charge in [0.25, 0.3) is 5.91 Å². The fourth-order valence-electron chi connectivity index (χ4n) is 4.36. The summed E-state index contributed by atoms with van der Waals surface area (Å²) >= 11 is 0. The van der Waals surface area contributed by atoms with Gasteiger partial charge in [0, 0.05) is 44.3 Å². The number of hydrogen-bond acceptors (Lipinski definition) is 3. The Morgan fingerprint density at radius 2 is 1.68 bits per heavy atom. The molecule has 0 aliphatic carbocycles. The first-order valence-corrected chi connectivity index (χ1v) is 10.4. The highest BCUT2D eigenvalue weighted by Gasteiger charge is 2.27. The predicted octanol–water partition coefficient (Wildman–Crippen LogP) is 3.00. The van der Waals surface area contributed by atoms with E-state index in [1.165, 1.54) is 6.42 Å². The Bertz CT molecular complexity index is 858. The summed E-state index contributed by atoms with van der Waals surface area (Å²) < 4.78 is 0. The highest BCUT2D eigenvalue weighted by atomic mass is 16.2. The minimum atomic E-state index is 0.0846. The molecular formula is C23H29N3O2. The maximum Gasteiger partial charge on any atom is 0.253 e. The average Bonchev–Trinajstić information content (AvgIpc) is 2.73. The van der Waals surface area contributed by atoms with Gasteiger partial charge in [-0.25, -0.2) is 0 Å². The van der Waals surface area contributed by atoms with Crippen molar-refractivity contribution in [1.82, 2.24) is 14.7 Å². The van der Waals surface area contributed by atoms with Gasteiger partial charge in [-0.1, -0.05) is 30.3 Å². The molecule has 2 aromatic rings. The van der Waals surface area contributed by atoms with E-state index in [0.29, 0.717) is 25.7 Å². The van der Waals surface area contributed by atoms with E-state index >= 15 is 0 Å². The van der Waals surface area contributed by atoms with Crippen molar-refractivity contribution in [2.24, 2.45) is 0 Å². The normalized spacial score (nSPS) is 21.1. The minimum Gasteiger partial charge on any atom is -0.339 e. The number of likely N-dealkylation sites (tertiary alicyclic amines) is 1. The van der Waals surface area contributed by atoms with Crippen LogP contribution in [0.5, 0.6) is 0 Å². The molecule has 0 aromatic heterocycles. The fourth-order valence-corrected chi connectivity index (χ4v) is 4.36. The number of carbonyl (C=O) groups is 2. The number of amides is 2. The van der Waals surface area contributed by atoms with Crippen molar-refractivity contribution in [3.8, 4) is 0 Å². The number of benzene rings is 2. The van der Waals surface area contributed by atoms with E-state index in [4.69, 9.17) is 0 Å². The molecule has 148 valence electrons. The summed E-state index contributed by atoms with van der Waals surface area (Å²) in [6.45, 7) is 6.38. The molecule has 2 aliphatic heterocycles. The van der Waals surface area contributed by atoms with Crippen molar-refractivity contribution in [3.63, 3.8) is 0 Å². The maximum atomic E-state index is 12.9. The lowest BCUT2D eigenvalue weighted by Gasteiger charge is -2.38. The van der Waals surface area contributed by atoms with Crippen LogP contribution in [0, 0.1) is 0 Å². The molecule has 2 fully saturated rings.